The molecule has 1 aromatic heterocycles. The zero-order chi connectivity index (χ0) is 15.1. The first-order valence-corrected chi connectivity index (χ1v) is 6.62. The monoisotopic (exact) mass is 282 g/mol. The van der Waals surface area contributed by atoms with Crippen molar-refractivity contribution >= 4 is 17.7 Å². The van der Waals surface area contributed by atoms with E-state index < -0.39 is 5.97 Å². The quantitative estimate of drug-likeness (QED) is 0.709. The molecule has 2 amide bonds. The lowest BCUT2D eigenvalue weighted by atomic mass is 9.94. The number of anilines is 1. The molecule has 0 aliphatic heterocycles. The van der Waals surface area contributed by atoms with Gasteiger partial charge in [0.2, 0.25) is 0 Å². The maximum absolute atomic E-state index is 11.7. The van der Waals surface area contributed by atoms with Crippen molar-refractivity contribution in [2.24, 2.45) is 18.9 Å². The highest BCUT2D eigenvalue weighted by Gasteiger charge is 2.16. The third-order valence-corrected chi connectivity index (χ3v) is 2.78. The van der Waals surface area contributed by atoms with Crippen molar-refractivity contribution in [1.29, 1.82) is 0 Å². The summed E-state index contributed by atoms with van der Waals surface area (Å²) in [6, 6.07) is -0.350. The number of nitrogens with one attached hydrogen (secondary N) is 2. The van der Waals surface area contributed by atoms with Crippen LogP contribution in [0.2, 0.25) is 0 Å². The molecule has 1 rings (SSSR count). The predicted octanol–water partition coefficient (Wildman–Crippen LogP) is 1.68. The van der Waals surface area contributed by atoms with E-state index in [4.69, 9.17) is 5.11 Å². The van der Waals surface area contributed by atoms with Crippen LogP contribution in [0.4, 0.5) is 10.5 Å². The molecule has 1 heterocycles. The van der Waals surface area contributed by atoms with Crippen molar-refractivity contribution in [2.75, 3.05) is 11.9 Å². The number of aliphatic carboxylic acids is 1. The molecule has 0 fully saturated rings. The Morgan fingerprint density at radius 3 is 2.65 bits per heavy atom. The average molecular weight is 282 g/mol. The molecule has 0 aliphatic carbocycles. The summed E-state index contributed by atoms with van der Waals surface area (Å²) < 4.78 is 1.58. The molecule has 0 aliphatic rings. The summed E-state index contributed by atoms with van der Waals surface area (Å²) in [6.07, 6.45) is 4.05. The highest BCUT2D eigenvalue weighted by Crippen LogP contribution is 2.14. The largest absolute Gasteiger partial charge is 0.481 e. The highest BCUT2D eigenvalue weighted by molar-refractivity contribution is 5.88. The molecule has 1 aromatic rings. The van der Waals surface area contributed by atoms with Crippen LogP contribution in [0.5, 0.6) is 0 Å². The molecule has 0 aromatic carbocycles. The lowest BCUT2D eigenvalue weighted by Crippen LogP contribution is -2.34. The first kappa shape index (κ1) is 16.0. The van der Waals surface area contributed by atoms with E-state index in [-0.39, 0.29) is 18.4 Å². The van der Waals surface area contributed by atoms with Gasteiger partial charge in [-0.05, 0) is 18.3 Å². The van der Waals surface area contributed by atoms with E-state index in [1.165, 1.54) is 0 Å². The smallest absolute Gasteiger partial charge is 0.319 e. The molecule has 112 valence electrons. The number of urea groups is 1. The summed E-state index contributed by atoms with van der Waals surface area (Å²) in [5, 5.41) is 18.1. The fourth-order valence-electron chi connectivity index (χ4n) is 2.05. The Morgan fingerprint density at radius 1 is 1.45 bits per heavy atom. The summed E-state index contributed by atoms with van der Waals surface area (Å²) in [5.74, 6) is -0.514. The Bertz CT molecular complexity index is 456. The van der Waals surface area contributed by atoms with Crippen LogP contribution in [-0.2, 0) is 11.8 Å². The molecule has 1 atom stereocenters. The molecule has 0 spiro atoms. The maximum Gasteiger partial charge on any atom is 0.319 e. The average Bonchev–Trinajstić information content (AvgIpc) is 2.70. The molecule has 20 heavy (non-hydrogen) atoms. The summed E-state index contributed by atoms with van der Waals surface area (Å²) >= 11 is 0. The van der Waals surface area contributed by atoms with Crippen LogP contribution in [-0.4, -0.2) is 33.4 Å². The summed E-state index contributed by atoms with van der Waals surface area (Å²) in [7, 11) is 1.76. The zero-order valence-electron chi connectivity index (χ0n) is 12.1. The van der Waals surface area contributed by atoms with Gasteiger partial charge in [0.15, 0.2) is 0 Å². The van der Waals surface area contributed by atoms with Gasteiger partial charge in [0.05, 0.1) is 11.9 Å². The molecule has 0 radical (unpaired) electrons. The Labute approximate surface area is 118 Å². The van der Waals surface area contributed by atoms with E-state index in [2.05, 4.69) is 15.7 Å². The van der Waals surface area contributed by atoms with Crippen LogP contribution in [0.1, 0.15) is 26.7 Å². The number of carbonyl (C=O) groups excluding carboxylic acids is 1. The lowest BCUT2D eigenvalue weighted by Gasteiger charge is -2.17. The van der Waals surface area contributed by atoms with Gasteiger partial charge in [-0.15, -0.1) is 0 Å². The summed E-state index contributed by atoms with van der Waals surface area (Å²) in [6.45, 7) is 4.41. The number of carbonyl (C=O) groups is 2. The number of hydrogen-bond donors (Lipinski definition) is 3. The van der Waals surface area contributed by atoms with Gasteiger partial charge in [-0.2, -0.15) is 5.10 Å². The fraction of sp³-hybridized carbons (Fsp3) is 0.615. The highest BCUT2D eigenvalue weighted by atomic mass is 16.4. The van der Waals surface area contributed by atoms with Crippen molar-refractivity contribution in [1.82, 2.24) is 15.1 Å². The van der Waals surface area contributed by atoms with Crippen molar-refractivity contribution in [2.45, 2.75) is 26.7 Å². The van der Waals surface area contributed by atoms with Crippen LogP contribution < -0.4 is 10.6 Å². The van der Waals surface area contributed by atoms with Gasteiger partial charge >= 0.3 is 12.0 Å². The zero-order valence-corrected chi connectivity index (χ0v) is 12.1. The SMILES string of the molecule is CC(C)C[C@H](CNC(=O)Nc1cnn(C)c1)CC(=O)O. The minimum Gasteiger partial charge on any atom is -0.481 e. The Balaban J connectivity index is 2.41. The Morgan fingerprint density at radius 2 is 2.15 bits per heavy atom. The van der Waals surface area contributed by atoms with Crippen molar-refractivity contribution in [3.8, 4) is 0 Å². The predicted molar refractivity (Wildman–Crippen MR) is 75.4 cm³/mol. The van der Waals surface area contributed by atoms with E-state index in [0.717, 1.165) is 6.42 Å². The first-order chi connectivity index (χ1) is 9.36. The minimum atomic E-state index is -0.842. The lowest BCUT2D eigenvalue weighted by molar-refractivity contribution is -0.138. The first-order valence-electron chi connectivity index (χ1n) is 6.62. The molecular formula is C13H22N4O3. The van der Waals surface area contributed by atoms with Crippen molar-refractivity contribution in [3.63, 3.8) is 0 Å². The molecule has 0 unspecified atom stereocenters. The minimum absolute atomic E-state index is 0.0609. The molecule has 7 heteroatoms. The number of rotatable bonds is 7. The molecule has 0 saturated heterocycles. The van der Waals surface area contributed by atoms with E-state index >= 15 is 0 Å². The van der Waals surface area contributed by atoms with Gasteiger partial charge in [0.25, 0.3) is 0 Å². The van der Waals surface area contributed by atoms with Gasteiger partial charge in [0.1, 0.15) is 0 Å². The van der Waals surface area contributed by atoms with Crippen LogP contribution >= 0.6 is 0 Å². The number of amides is 2. The molecule has 0 bridgehead atoms. The second-order valence-electron chi connectivity index (χ2n) is 5.33. The molecular weight excluding hydrogens is 260 g/mol. The van der Waals surface area contributed by atoms with E-state index in [1.807, 2.05) is 13.8 Å². The number of carboxylic acids is 1. The second kappa shape index (κ2) is 7.52. The van der Waals surface area contributed by atoms with Crippen molar-refractivity contribution < 1.29 is 14.7 Å². The van der Waals surface area contributed by atoms with E-state index in [9.17, 15) is 9.59 Å². The standard InChI is InChI=1S/C13H22N4O3/c1-9(2)4-10(5-12(18)19)6-14-13(20)16-11-7-15-17(3)8-11/h7-10H,4-6H2,1-3H3,(H,18,19)(H2,14,16,20)/t10-/m0/s1. The van der Waals surface area contributed by atoms with Crippen LogP contribution in [0.25, 0.3) is 0 Å². The van der Waals surface area contributed by atoms with Crippen LogP contribution in [0.15, 0.2) is 12.4 Å². The summed E-state index contributed by atoms with van der Waals surface area (Å²) in [4.78, 5) is 22.5. The number of hydrogen-bond acceptors (Lipinski definition) is 3. The van der Waals surface area contributed by atoms with Gasteiger partial charge < -0.3 is 15.7 Å². The number of nitrogens with zero attached hydrogens (tertiary/aromatic N) is 2. The van der Waals surface area contributed by atoms with Crippen LogP contribution in [0.3, 0.4) is 0 Å². The van der Waals surface area contributed by atoms with Crippen LogP contribution in [0, 0.1) is 11.8 Å². The van der Waals surface area contributed by atoms with Gasteiger partial charge in [-0.3, -0.25) is 9.48 Å². The molecule has 7 nitrogen and oxygen atoms in total. The number of aryl methyl sites for hydroxylation is 1. The topological polar surface area (TPSA) is 96.3 Å². The normalized spacial score (nSPS) is 12.2. The third-order valence-electron chi connectivity index (χ3n) is 2.78. The van der Waals surface area contributed by atoms with Crippen molar-refractivity contribution in [3.05, 3.63) is 12.4 Å². The van der Waals surface area contributed by atoms with E-state index in [0.29, 0.717) is 18.2 Å². The number of carboxylic acid groups (broad SMARTS) is 1. The Kier molecular flexibility index (Phi) is 6.02. The van der Waals surface area contributed by atoms with E-state index in [1.54, 1.807) is 24.1 Å². The maximum atomic E-state index is 11.7. The van der Waals surface area contributed by atoms with Gasteiger partial charge in [-0.1, -0.05) is 13.8 Å². The second-order valence-corrected chi connectivity index (χ2v) is 5.33. The Hall–Kier alpha value is -2.05. The number of aromatic nitrogens is 2. The molecule has 3 N–H and O–H groups in total. The van der Waals surface area contributed by atoms with Gasteiger partial charge in [-0.25, -0.2) is 4.79 Å². The van der Waals surface area contributed by atoms with Gasteiger partial charge in [0, 0.05) is 26.2 Å². The third kappa shape index (κ3) is 6.21. The molecule has 0 saturated carbocycles. The fourth-order valence-corrected chi connectivity index (χ4v) is 2.05. The summed E-state index contributed by atoms with van der Waals surface area (Å²) in [5.41, 5.74) is 0.601.